The van der Waals surface area contributed by atoms with Gasteiger partial charge in [-0.1, -0.05) is 44.1 Å². The summed E-state index contributed by atoms with van der Waals surface area (Å²) in [5.41, 5.74) is 0. The van der Waals surface area contributed by atoms with Crippen LogP contribution in [0, 0.1) is 5.92 Å². The minimum atomic E-state index is -0.303. The molecule has 0 spiro atoms. The summed E-state index contributed by atoms with van der Waals surface area (Å²) in [7, 11) is 0. The number of Topliss-reactive ketones (excluding diaryl/α,β-unsaturated/α-hetero) is 1. The van der Waals surface area contributed by atoms with E-state index in [1.807, 2.05) is 24.3 Å². The number of fused-ring (bicyclic) bond motifs is 1. The van der Waals surface area contributed by atoms with Gasteiger partial charge >= 0.3 is 0 Å². The number of amides is 1. The lowest BCUT2D eigenvalue weighted by atomic mass is 9.95. The molecule has 3 nitrogen and oxygen atoms in total. The van der Waals surface area contributed by atoms with Crippen LogP contribution in [0.2, 0.25) is 0 Å². The van der Waals surface area contributed by atoms with Crippen LogP contribution in [-0.4, -0.2) is 29.2 Å². The summed E-state index contributed by atoms with van der Waals surface area (Å²) in [6, 6.07) is -0.0261. The van der Waals surface area contributed by atoms with E-state index in [-0.39, 0.29) is 23.7 Å². The Morgan fingerprint density at radius 2 is 1.94 bits per heavy atom. The van der Waals surface area contributed by atoms with E-state index in [1.165, 1.54) is 0 Å². The van der Waals surface area contributed by atoms with Gasteiger partial charge in [-0.05, 0) is 6.42 Å². The first-order valence-electron chi connectivity index (χ1n) is 5.95. The van der Waals surface area contributed by atoms with Gasteiger partial charge in [-0.2, -0.15) is 0 Å². The van der Waals surface area contributed by atoms with Crippen LogP contribution >= 0.6 is 0 Å². The third-order valence-electron chi connectivity index (χ3n) is 3.24. The van der Waals surface area contributed by atoms with Crippen molar-refractivity contribution in [2.75, 3.05) is 6.54 Å². The van der Waals surface area contributed by atoms with Crippen molar-refractivity contribution in [3.63, 3.8) is 0 Å². The highest BCUT2D eigenvalue weighted by Crippen LogP contribution is 2.27. The molecule has 2 rings (SSSR count). The molecule has 0 radical (unpaired) electrons. The average molecular weight is 219 g/mol. The Kier molecular flexibility index (Phi) is 3.22. The number of carbonyl (C=O) groups excluding carboxylic acids is 2. The first-order valence-corrected chi connectivity index (χ1v) is 5.95. The largest absolute Gasteiger partial charge is 0.329 e. The van der Waals surface area contributed by atoms with Crippen molar-refractivity contribution in [1.82, 2.24) is 4.90 Å². The standard InChI is InChI=1S/C13H17NO2/c1-2-3-6-9-14-11-8-5-4-7-10(11)12(15)13(14)16/h4-5,7-8,10-11H,2-3,6,9H2,1H3. The minimum absolute atomic E-state index is 0.0261. The highest BCUT2D eigenvalue weighted by molar-refractivity contribution is 6.39. The lowest BCUT2D eigenvalue weighted by Gasteiger charge is -2.24. The number of hydrogen-bond acceptors (Lipinski definition) is 2. The van der Waals surface area contributed by atoms with Crippen LogP contribution in [0.5, 0.6) is 0 Å². The van der Waals surface area contributed by atoms with Crippen molar-refractivity contribution >= 4 is 11.7 Å². The molecule has 1 aliphatic heterocycles. The quantitative estimate of drug-likeness (QED) is 0.533. The first kappa shape index (κ1) is 11.1. The molecular weight excluding hydrogens is 202 g/mol. The Hall–Kier alpha value is -1.38. The maximum absolute atomic E-state index is 11.8. The lowest BCUT2D eigenvalue weighted by Crippen LogP contribution is -2.35. The molecule has 1 saturated heterocycles. The van der Waals surface area contributed by atoms with E-state index in [0.717, 1.165) is 19.3 Å². The molecule has 1 fully saturated rings. The van der Waals surface area contributed by atoms with E-state index in [2.05, 4.69) is 6.92 Å². The van der Waals surface area contributed by atoms with Gasteiger partial charge in [-0.25, -0.2) is 0 Å². The third-order valence-corrected chi connectivity index (χ3v) is 3.24. The summed E-state index contributed by atoms with van der Waals surface area (Å²) in [4.78, 5) is 25.2. The van der Waals surface area contributed by atoms with Crippen molar-refractivity contribution in [2.45, 2.75) is 32.2 Å². The Morgan fingerprint density at radius 1 is 1.19 bits per heavy atom. The first-order chi connectivity index (χ1) is 7.75. The number of allylic oxidation sites excluding steroid dienone is 2. The summed E-state index contributed by atoms with van der Waals surface area (Å²) < 4.78 is 0. The van der Waals surface area contributed by atoms with Crippen molar-refractivity contribution < 1.29 is 9.59 Å². The molecule has 16 heavy (non-hydrogen) atoms. The van der Waals surface area contributed by atoms with Gasteiger partial charge in [0.2, 0.25) is 5.78 Å². The third kappa shape index (κ3) is 1.82. The SMILES string of the molecule is CCCCCN1C(=O)C(=O)C2C=CC=CC21. The summed E-state index contributed by atoms with van der Waals surface area (Å²) in [5, 5.41) is 0. The Morgan fingerprint density at radius 3 is 2.69 bits per heavy atom. The molecule has 0 saturated carbocycles. The Balaban J connectivity index is 2.07. The van der Waals surface area contributed by atoms with E-state index in [1.54, 1.807) is 4.90 Å². The summed E-state index contributed by atoms with van der Waals surface area (Å²) >= 11 is 0. The molecule has 3 heteroatoms. The smallest absolute Gasteiger partial charge is 0.291 e. The molecule has 1 aliphatic carbocycles. The van der Waals surface area contributed by atoms with Gasteiger partial charge in [-0.3, -0.25) is 9.59 Å². The van der Waals surface area contributed by atoms with Gasteiger partial charge in [0.15, 0.2) is 0 Å². The van der Waals surface area contributed by atoms with Gasteiger partial charge in [0, 0.05) is 6.54 Å². The van der Waals surface area contributed by atoms with Crippen molar-refractivity contribution in [2.24, 2.45) is 5.92 Å². The number of unbranched alkanes of at least 4 members (excludes halogenated alkanes) is 2. The van der Waals surface area contributed by atoms with Gasteiger partial charge in [0.1, 0.15) is 0 Å². The summed E-state index contributed by atoms with van der Waals surface area (Å²) in [6.07, 6.45) is 10.8. The van der Waals surface area contributed by atoms with Crippen molar-refractivity contribution in [1.29, 1.82) is 0 Å². The fraction of sp³-hybridized carbons (Fsp3) is 0.538. The maximum Gasteiger partial charge on any atom is 0.291 e. The van der Waals surface area contributed by atoms with Crippen LogP contribution < -0.4 is 0 Å². The van der Waals surface area contributed by atoms with E-state index < -0.39 is 0 Å². The highest BCUT2D eigenvalue weighted by Gasteiger charge is 2.44. The van der Waals surface area contributed by atoms with Gasteiger partial charge in [-0.15, -0.1) is 0 Å². The molecule has 0 bridgehead atoms. The average Bonchev–Trinajstić information content (AvgIpc) is 2.55. The number of ketones is 1. The van der Waals surface area contributed by atoms with Crippen LogP contribution in [0.3, 0.4) is 0 Å². The van der Waals surface area contributed by atoms with E-state index in [9.17, 15) is 9.59 Å². The number of nitrogens with zero attached hydrogens (tertiary/aromatic N) is 1. The Bertz CT molecular complexity index is 357. The second-order valence-electron chi connectivity index (χ2n) is 4.36. The second kappa shape index (κ2) is 4.64. The van der Waals surface area contributed by atoms with Crippen LogP contribution in [-0.2, 0) is 9.59 Å². The maximum atomic E-state index is 11.8. The van der Waals surface area contributed by atoms with Crippen molar-refractivity contribution in [3.8, 4) is 0 Å². The molecule has 86 valence electrons. The van der Waals surface area contributed by atoms with Gasteiger partial charge in [0.05, 0.1) is 12.0 Å². The predicted octanol–water partition coefficient (Wildman–Crippen LogP) is 1.70. The van der Waals surface area contributed by atoms with Gasteiger partial charge in [0.25, 0.3) is 5.91 Å². The predicted molar refractivity (Wildman–Crippen MR) is 61.8 cm³/mol. The highest BCUT2D eigenvalue weighted by atomic mass is 16.2. The summed E-state index contributed by atoms with van der Waals surface area (Å²) in [6.45, 7) is 2.83. The van der Waals surface area contributed by atoms with E-state index in [4.69, 9.17) is 0 Å². The molecule has 2 unspecified atom stereocenters. The molecule has 2 aliphatic rings. The molecule has 2 atom stereocenters. The number of hydrogen-bond donors (Lipinski definition) is 0. The fourth-order valence-corrected chi connectivity index (χ4v) is 2.34. The molecule has 0 N–H and O–H groups in total. The van der Waals surface area contributed by atoms with E-state index >= 15 is 0 Å². The van der Waals surface area contributed by atoms with Crippen LogP contribution in [0.25, 0.3) is 0 Å². The summed E-state index contributed by atoms with van der Waals surface area (Å²) in [5.74, 6) is -0.788. The van der Waals surface area contributed by atoms with E-state index in [0.29, 0.717) is 6.54 Å². The molecule has 0 aromatic heterocycles. The van der Waals surface area contributed by atoms with Crippen LogP contribution in [0.1, 0.15) is 26.2 Å². The minimum Gasteiger partial charge on any atom is -0.329 e. The topological polar surface area (TPSA) is 37.4 Å². The monoisotopic (exact) mass is 219 g/mol. The second-order valence-corrected chi connectivity index (χ2v) is 4.36. The zero-order valence-electron chi connectivity index (χ0n) is 9.56. The van der Waals surface area contributed by atoms with Crippen LogP contribution in [0.15, 0.2) is 24.3 Å². The van der Waals surface area contributed by atoms with Crippen LogP contribution in [0.4, 0.5) is 0 Å². The zero-order valence-corrected chi connectivity index (χ0v) is 9.56. The zero-order chi connectivity index (χ0) is 11.5. The number of carbonyl (C=O) groups is 2. The molecule has 0 aromatic carbocycles. The molecule has 0 aromatic rings. The Labute approximate surface area is 95.8 Å². The normalized spacial score (nSPS) is 27.7. The molecule has 1 heterocycles. The van der Waals surface area contributed by atoms with Crippen molar-refractivity contribution in [3.05, 3.63) is 24.3 Å². The molecular formula is C13H17NO2. The number of rotatable bonds is 4. The fourth-order valence-electron chi connectivity index (χ4n) is 2.34. The van der Waals surface area contributed by atoms with Gasteiger partial charge < -0.3 is 4.90 Å². The lowest BCUT2D eigenvalue weighted by molar-refractivity contribution is -0.140. The molecule has 1 amide bonds. The number of likely N-dealkylation sites (tertiary alicyclic amines) is 1.